The molecule has 6 N–H and O–H groups in total. The van der Waals surface area contributed by atoms with E-state index in [2.05, 4.69) is 45.5 Å². The molecule has 0 unspecified atom stereocenters. The van der Waals surface area contributed by atoms with Crippen LogP contribution in [0.1, 0.15) is 16.7 Å². The minimum atomic E-state index is 0. The molecule has 0 aliphatic heterocycles. The summed E-state index contributed by atoms with van der Waals surface area (Å²) in [6.45, 7) is 6.28. The second-order valence-electron chi connectivity index (χ2n) is 2.75. The topological polar surface area (TPSA) is 94.5 Å². The van der Waals surface area contributed by atoms with Crippen LogP contribution in [0.5, 0.6) is 0 Å². The van der Waals surface area contributed by atoms with Crippen molar-refractivity contribution in [2.24, 2.45) is 0 Å². The molecule has 0 atom stereocenters. The van der Waals surface area contributed by atoms with Crippen molar-refractivity contribution < 1.29 is 16.4 Å². The molecule has 0 aromatic heterocycles. The highest BCUT2D eigenvalue weighted by Gasteiger charge is 1.96. The molecular formula is C9H18O3S. The summed E-state index contributed by atoms with van der Waals surface area (Å²) in [6, 6.07) is 4.30. The van der Waals surface area contributed by atoms with Gasteiger partial charge < -0.3 is 16.4 Å². The molecule has 0 aliphatic rings. The van der Waals surface area contributed by atoms with Crippen molar-refractivity contribution in [1.29, 1.82) is 0 Å². The molecule has 13 heavy (non-hydrogen) atoms. The average Bonchev–Trinajstić information content (AvgIpc) is 1.82. The third-order valence-electron chi connectivity index (χ3n) is 1.64. The van der Waals surface area contributed by atoms with Crippen LogP contribution >= 0.6 is 12.6 Å². The SMILES string of the molecule is Cc1cc(C)c(S)c(C)c1.O.O.O. The zero-order chi connectivity index (χ0) is 7.72. The standard InChI is InChI=1S/C9H12S.3H2O/c1-6-4-7(2)9(10)8(3)5-6;;;/h4-5,10H,1-3H3;3*1H2. The molecule has 4 heteroatoms. The van der Waals surface area contributed by atoms with E-state index in [0.29, 0.717) is 0 Å². The molecular weight excluding hydrogens is 188 g/mol. The summed E-state index contributed by atoms with van der Waals surface area (Å²) in [6.07, 6.45) is 0. The maximum Gasteiger partial charge on any atom is 0.00987 e. The van der Waals surface area contributed by atoms with Gasteiger partial charge >= 0.3 is 0 Å². The molecule has 1 aromatic carbocycles. The van der Waals surface area contributed by atoms with Crippen LogP contribution in [0.4, 0.5) is 0 Å². The van der Waals surface area contributed by atoms with Gasteiger partial charge in [-0.3, -0.25) is 0 Å². The van der Waals surface area contributed by atoms with E-state index in [1.807, 2.05) is 0 Å². The Morgan fingerprint density at radius 2 is 1.15 bits per heavy atom. The van der Waals surface area contributed by atoms with E-state index in [-0.39, 0.29) is 16.4 Å². The molecule has 0 fully saturated rings. The number of aryl methyl sites for hydroxylation is 3. The zero-order valence-electron chi connectivity index (χ0n) is 8.10. The summed E-state index contributed by atoms with van der Waals surface area (Å²) in [5.74, 6) is 0. The maximum atomic E-state index is 4.36. The van der Waals surface area contributed by atoms with Crippen LogP contribution in [0, 0.1) is 20.8 Å². The molecule has 0 saturated carbocycles. The Morgan fingerprint density at radius 3 is 1.46 bits per heavy atom. The summed E-state index contributed by atoms with van der Waals surface area (Å²) < 4.78 is 0. The molecule has 3 nitrogen and oxygen atoms in total. The van der Waals surface area contributed by atoms with E-state index in [4.69, 9.17) is 0 Å². The second-order valence-corrected chi connectivity index (χ2v) is 3.19. The minimum Gasteiger partial charge on any atom is -0.412 e. The van der Waals surface area contributed by atoms with Crippen LogP contribution in [0.2, 0.25) is 0 Å². The molecule has 0 saturated heterocycles. The molecule has 0 aliphatic carbocycles. The Hall–Kier alpha value is -0.550. The summed E-state index contributed by atoms with van der Waals surface area (Å²) >= 11 is 4.36. The number of rotatable bonds is 0. The van der Waals surface area contributed by atoms with E-state index in [1.165, 1.54) is 16.7 Å². The molecule has 0 heterocycles. The van der Waals surface area contributed by atoms with E-state index in [1.54, 1.807) is 0 Å². The van der Waals surface area contributed by atoms with E-state index < -0.39 is 0 Å². The van der Waals surface area contributed by atoms with Crippen molar-refractivity contribution in [3.63, 3.8) is 0 Å². The lowest BCUT2D eigenvalue weighted by molar-refractivity contribution is 0.823. The lowest BCUT2D eigenvalue weighted by Crippen LogP contribution is -1.83. The number of hydrogen-bond donors (Lipinski definition) is 1. The predicted octanol–water partition coefficient (Wildman–Crippen LogP) is 0.426. The van der Waals surface area contributed by atoms with E-state index in [0.717, 1.165) is 4.90 Å². The highest BCUT2D eigenvalue weighted by Crippen LogP contribution is 2.19. The number of thiol groups is 1. The summed E-state index contributed by atoms with van der Waals surface area (Å²) in [4.78, 5) is 1.12. The molecule has 1 rings (SSSR count). The van der Waals surface area contributed by atoms with Gasteiger partial charge in [0.2, 0.25) is 0 Å². The van der Waals surface area contributed by atoms with Crippen molar-refractivity contribution in [3.05, 3.63) is 28.8 Å². The normalized spacial score (nSPS) is 7.69. The van der Waals surface area contributed by atoms with Crippen molar-refractivity contribution >= 4 is 12.6 Å². The molecule has 0 bridgehead atoms. The zero-order valence-corrected chi connectivity index (χ0v) is 9.00. The smallest absolute Gasteiger partial charge is 0.00987 e. The Kier molecular flexibility index (Phi) is 9.72. The monoisotopic (exact) mass is 206 g/mol. The van der Waals surface area contributed by atoms with Crippen LogP contribution in [0.3, 0.4) is 0 Å². The van der Waals surface area contributed by atoms with Crippen LogP contribution in [-0.2, 0) is 0 Å². The summed E-state index contributed by atoms with van der Waals surface area (Å²) in [5.41, 5.74) is 3.84. The van der Waals surface area contributed by atoms with Gasteiger partial charge in [0, 0.05) is 4.90 Å². The lowest BCUT2D eigenvalue weighted by atomic mass is 10.1. The number of hydrogen-bond acceptors (Lipinski definition) is 1. The number of benzene rings is 1. The Bertz CT molecular complexity index is 238. The van der Waals surface area contributed by atoms with Crippen LogP contribution in [-0.4, -0.2) is 16.4 Å². The van der Waals surface area contributed by atoms with Gasteiger partial charge in [0.1, 0.15) is 0 Å². The first-order valence-corrected chi connectivity index (χ1v) is 3.83. The maximum absolute atomic E-state index is 4.36. The van der Waals surface area contributed by atoms with Crippen molar-refractivity contribution in [2.75, 3.05) is 0 Å². The van der Waals surface area contributed by atoms with Crippen LogP contribution in [0.15, 0.2) is 17.0 Å². The van der Waals surface area contributed by atoms with Gasteiger partial charge in [-0.05, 0) is 31.9 Å². The average molecular weight is 206 g/mol. The molecule has 78 valence electrons. The first-order chi connectivity index (χ1) is 4.61. The van der Waals surface area contributed by atoms with E-state index >= 15 is 0 Å². The molecule has 0 spiro atoms. The first kappa shape index (κ1) is 18.3. The Labute approximate surface area is 84.1 Å². The molecule has 0 amide bonds. The summed E-state index contributed by atoms with van der Waals surface area (Å²) in [5, 5.41) is 0. The fourth-order valence-corrected chi connectivity index (χ4v) is 1.30. The third kappa shape index (κ3) is 4.28. The minimum absolute atomic E-state index is 0. The highest BCUT2D eigenvalue weighted by atomic mass is 32.1. The fourth-order valence-electron chi connectivity index (χ4n) is 1.17. The highest BCUT2D eigenvalue weighted by molar-refractivity contribution is 7.80. The van der Waals surface area contributed by atoms with Gasteiger partial charge in [0.25, 0.3) is 0 Å². The van der Waals surface area contributed by atoms with E-state index in [9.17, 15) is 0 Å². The van der Waals surface area contributed by atoms with Crippen molar-refractivity contribution in [1.82, 2.24) is 0 Å². The third-order valence-corrected chi connectivity index (χ3v) is 2.34. The van der Waals surface area contributed by atoms with Crippen molar-refractivity contribution in [2.45, 2.75) is 25.7 Å². The van der Waals surface area contributed by atoms with Crippen molar-refractivity contribution in [3.8, 4) is 0 Å². The lowest BCUT2D eigenvalue weighted by Gasteiger charge is -2.03. The van der Waals surface area contributed by atoms with Gasteiger partial charge in [-0.1, -0.05) is 17.7 Å². The van der Waals surface area contributed by atoms with Crippen LogP contribution in [0.25, 0.3) is 0 Å². The Morgan fingerprint density at radius 1 is 0.846 bits per heavy atom. The van der Waals surface area contributed by atoms with Gasteiger partial charge in [-0.15, -0.1) is 12.6 Å². The second kappa shape index (κ2) is 6.91. The Balaban J connectivity index is -0.000000333. The molecule has 1 aromatic rings. The summed E-state index contributed by atoms with van der Waals surface area (Å²) in [7, 11) is 0. The van der Waals surface area contributed by atoms with Gasteiger partial charge in [0.15, 0.2) is 0 Å². The quantitative estimate of drug-likeness (QED) is 0.596. The van der Waals surface area contributed by atoms with Crippen LogP contribution < -0.4 is 0 Å². The van der Waals surface area contributed by atoms with Gasteiger partial charge in [-0.2, -0.15) is 0 Å². The largest absolute Gasteiger partial charge is 0.412 e. The fraction of sp³-hybridized carbons (Fsp3) is 0.333. The predicted molar refractivity (Wildman–Crippen MR) is 58.7 cm³/mol. The van der Waals surface area contributed by atoms with Gasteiger partial charge in [0.05, 0.1) is 0 Å². The van der Waals surface area contributed by atoms with Gasteiger partial charge in [-0.25, -0.2) is 0 Å². The molecule has 0 radical (unpaired) electrons. The first-order valence-electron chi connectivity index (χ1n) is 3.38.